The first-order valence-corrected chi connectivity index (χ1v) is 10.5. The van der Waals surface area contributed by atoms with Gasteiger partial charge in [-0.3, -0.25) is 0 Å². The highest BCUT2D eigenvalue weighted by Crippen LogP contribution is 2.44. The summed E-state index contributed by atoms with van der Waals surface area (Å²) in [6, 6.07) is 12.6. The number of ether oxygens (including phenoxy) is 4. The van der Waals surface area contributed by atoms with Gasteiger partial charge in [-0.05, 0) is 31.5 Å². The number of hydrogen-bond donors (Lipinski definition) is 1. The SMILES string of the molecule is CCOC(=O)C1=C(C)Nc2nc(-c3ccccc3)nn2C1c1cc(OC)c(OC)c(OC)c1. The minimum atomic E-state index is -0.626. The molecule has 1 atom stereocenters. The number of rotatable bonds is 7. The molecule has 0 aliphatic carbocycles. The zero-order chi connectivity index (χ0) is 23.5. The Morgan fingerprint density at radius 3 is 2.30 bits per heavy atom. The van der Waals surface area contributed by atoms with E-state index in [0.29, 0.717) is 45.9 Å². The second-order valence-electron chi connectivity index (χ2n) is 7.31. The van der Waals surface area contributed by atoms with E-state index in [1.54, 1.807) is 45.1 Å². The molecule has 0 saturated carbocycles. The lowest BCUT2D eigenvalue weighted by Crippen LogP contribution is -2.29. The Bertz CT molecular complexity index is 1180. The Kier molecular flexibility index (Phi) is 6.21. The van der Waals surface area contributed by atoms with Crippen LogP contribution in [-0.4, -0.2) is 48.7 Å². The van der Waals surface area contributed by atoms with Gasteiger partial charge in [-0.25, -0.2) is 9.48 Å². The lowest BCUT2D eigenvalue weighted by molar-refractivity contribution is -0.139. The number of esters is 1. The van der Waals surface area contributed by atoms with Crippen LogP contribution in [0.4, 0.5) is 5.95 Å². The van der Waals surface area contributed by atoms with Gasteiger partial charge in [-0.2, -0.15) is 4.98 Å². The normalized spacial score (nSPS) is 14.9. The summed E-state index contributed by atoms with van der Waals surface area (Å²) in [4.78, 5) is 17.7. The maximum absolute atomic E-state index is 13.0. The van der Waals surface area contributed by atoms with E-state index in [2.05, 4.69) is 10.3 Å². The monoisotopic (exact) mass is 450 g/mol. The fraction of sp³-hybridized carbons (Fsp3) is 0.292. The summed E-state index contributed by atoms with van der Waals surface area (Å²) in [5.41, 5.74) is 2.62. The Morgan fingerprint density at radius 2 is 1.73 bits per heavy atom. The molecular formula is C24H26N4O5. The summed E-state index contributed by atoms with van der Waals surface area (Å²) in [5, 5.41) is 7.95. The summed E-state index contributed by atoms with van der Waals surface area (Å²) < 4.78 is 23.6. The van der Waals surface area contributed by atoms with Crippen molar-refractivity contribution in [1.82, 2.24) is 14.8 Å². The van der Waals surface area contributed by atoms with Gasteiger partial charge in [0.15, 0.2) is 17.3 Å². The minimum absolute atomic E-state index is 0.247. The second kappa shape index (κ2) is 9.23. The van der Waals surface area contributed by atoms with Gasteiger partial charge in [0.05, 0.1) is 33.5 Å². The van der Waals surface area contributed by atoms with Gasteiger partial charge >= 0.3 is 5.97 Å². The van der Waals surface area contributed by atoms with Crippen LogP contribution in [0.25, 0.3) is 11.4 Å². The highest BCUT2D eigenvalue weighted by Gasteiger charge is 2.36. The van der Waals surface area contributed by atoms with Crippen molar-refractivity contribution in [2.45, 2.75) is 19.9 Å². The van der Waals surface area contributed by atoms with Crippen LogP contribution in [0.2, 0.25) is 0 Å². The van der Waals surface area contributed by atoms with E-state index in [4.69, 9.17) is 24.0 Å². The van der Waals surface area contributed by atoms with E-state index in [0.717, 1.165) is 5.56 Å². The zero-order valence-corrected chi connectivity index (χ0v) is 19.2. The number of anilines is 1. The van der Waals surface area contributed by atoms with Gasteiger partial charge in [0.2, 0.25) is 11.7 Å². The molecule has 9 heteroatoms. The van der Waals surface area contributed by atoms with Crippen LogP contribution in [-0.2, 0) is 9.53 Å². The molecule has 0 saturated heterocycles. The summed E-state index contributed by atoms with van der Waals surface area (Å²) in [6.45, 7) is 3.83. The number of aromatic nitrogens is 3. The second-order valence-corrected chi connectivity index (χ2v) is 7.31. The lowest BCUT2D eigenvalue weighted by Gasteiger charge is -2.28. The first-order chi connectivity index (χ1) is 16.0. The number of benzene rings is 2. The van der Waals surface area contributed by atoms with Crippen LogP contribution in [0.15, 0.2) is 53.7 Å². The molecule has 9 nitrogen and oxygen atoms in total. The number of nitrogens with zero attached hydrogens (tertiary/aromatic N) is 3. The van der Waals surface area contributed by atoms with Crippen LogP contribution in [0.1, 0.15) is 25.5 Å². The van der Waals surface area contributed by atoms with E-state index in [-0.39, 0.29) is 6.61 Å². The number of nitrogens with one attached hydrogen (secondary N) is 1. The van der Waals surface area contributed by atoms with E-state index in [1.165, 1.54) is 0 Å². The lowest BCUT2D eigenvalue weighted by atomic mass is 9.95. The molecule has 33 heavy (non-hydrogen) atoms. The molecule has 1 unspecified atom stereocenters. The third kappa shape index (κ3) is 3.97. The summed E-state index contributed by atoms with van der Waals surface area (Å²) in [7, 11) is 4.64. The highest BCUT2D eigenvalue weighted by molar-refractivity contribution is 5.92. The predicted molar refractivity (Wildman–Crippen MR) is 123 cm³/mol. The van der Waals surface area contributed by atoms with Crippen LogP contribution in [0.3, 0.4) is 0 Å². The van der Waals surface area contributed by atoms with Crippen molar-refractivity contribution >= 4 is 11.9 Å². The molecule has 1 aliphatic heterocycles. The van der Waals surface area contributed by atoms with Crippen molar-refractivity contribution in [2.75, 3.05) is 33.3 Å². The van der Waals surface area contributed by atoms with Crippen LogP contribution in [0, 0.1) is 0 Å². The molecule has 0 bridgehead atoms. The van der Waals surface area contributed by atoms with Gasteiger partial charge in [-0.15, -0.1) is 5.10 Å². The fourth-order valence-corrected chi connectivity index (χ4v) is 3.90. The third-order valence-electron chi connectivity index (χ3n) is 5.38. The molecule has 0 radical (unpaired) electrons. The van der Waals surface area contributed by atoms with Crippen LogP contribution in [0.5, 0.6) is 17.2 Å². The third-order valence-corrected chi connectivity index (χ3v) is 5.38. The molecule has 172 valence electrons. The van der Waals surface area contributed by atoms with Crippen molar-refractivity contribution in [3.8, 4) is 28.6 Å². The average molecular weight is 450 g/mol. The predicted octanol–water partition coefficient (Wildman–Crippen LogP) is 3.82. The van der Waals surface area contributed by atoms with E-state index >= 15 is 0 Å². The molecule has 4 rings (SSSR count). The molecule has 2 heterocycles. The largest absolute Gasteiger partial charge is 0.493 e. The summed E-state index contributed by atoms with van der Waals surface area (Å²) in [6.07, 6.45) is 0. The van der Waals surface area contributed by atoms with Crippen LogP contribution < -0.4 is 19.5 Å². The standard InChI is InChI=1S/C24H26N4O5/c1-6-33-23(29)19-14(2)25-24-26-22(15-10-8-7-9-11-15)27-28(24)20(19)16-12-17(30-3)21(32-5)18(13-16)31-4/h7-13,20H,6H2,1-5H3,(H,25,26,27). The van der Waals surface area contributed by atoms with E-state index in [9.17, 15) is 4.79 Å². The molecule has 1 aromatic heterocycles. The molecule has 1 aliphatic rings. The number of hydrogen-bond acceptors (Lipinski definition) is 8. The summed E-state index contributed by atoms with van der Waals surface area (Å²) in [5.74, 6) is 2.00. The Hall–Kier alpha value is -4.01. The zero-order valence-electron chi connectivity index (χ0n) is 19.2. The number of allylic oxidation sites excluding steroid dienone is 1. The van der Waals surface area contributed by atoms with Crippen molar-refractivity contribution in [1.29, 1.82) is 0 Å². The fourth-order valence-electron chi connectivity index (χ4n) is 3.90. The molecule has 1 N–H and O–H groups in total. The average Bonchev–Trinajstić information content (AvgIpc) is 3.26. The molecule has 2 aromatic carbocycles. The molecular weight excluding hydrogens is 424 g/mol. The van der Waals surface area contributed by atoms with Crippen molar-refractivity contribution in [2.24, 2.45) is 0 Å². The van der Waals surface area contributed by atoms with Gasteiger partial charge in [0.25, 0.3) is 0 Å². The number of methoxy groups -OCH3 is 3. The first-order valence-electron chi connectivity index (χ1n) is 10.5. The minimum Gasteiger partial charge on any atom is -0.493 e. The van der Waals surface area contributed by atoms with Gasteiger partial charge in [0.1, 0.15) is 6.04 Å². The number of fused-ring (bicyclic) bond motifs is 1. The highest BCUT2D eigenvalue weighted by atomic mass is 16.5. The van der Waals surface area contributed by atoms with Gasteiger partial charge in [0, 0.05) is 11.3 Å². The van der Waals surface area contributed by atoms with Crippen molar-refractivity contribution in [3.05, 3.63) is 59.3 Å². The number of carbonyl (C=O) groups excluding carboxylic acids is 1. The Labute approximate surface area is 191 Å². The Morgan fingerprint density at radius 1 is 1.06 bits per heavy atom. The summed E-state index contributed by atoms with van der Waals surface area (Å²) >= 11 is 0. The quantitative estimate of drug-likeness (QED) is 0.543. The Balaban J connectivity index is 1.93. The van der Waals surface area contributed by atoms with Crippen molar-refractivity contribution < 1.29 is 23.7 Å². The molecule has 0 spiro atoms. The molecule has 0 amide bonds. The topological polar surface area (TPSA) is 96.7 Å². The van der Waals surface area contributed by atoms with E-state index in [1.807, 2.05) is 37.3 Å². The van der Waals surface area contributed by atoms with E-state index < -0.39 is 12.0 Å². The number of carbonyl (C=O) groups is 1. The van der Waals surface area contributed by atoms with Gasteiger partial charge in [-0.1, -0.05) is 30.3 Å². The van der Waals surface area contributed by atoms with Crippen molar-refractivity contribution in [3.63, 3.8) is 0 Å². The first kappa shape index (κ1) is 22.2. The smallest absolute Gasteiger partial charge is 0.338 e. The molecule has 3 aromatic rings. The maximum Gasteiger partial charge on any atom is 0.338 e. The van der Waals surface area contributed by atoms with Gasteiger partial charge < -0.3 is 24.3 Å². The maximum atomic E-state index is 13.0. The molecule has 0 fully saturated rings. The van der Waals surface area contributed by atoms with Crippen LogP contribution >= 0.6 is 0 Å².